The maximum absolute atomic E-state index is 12.4. The highest BCUT2D eigenvalue weighted by molar-refractivity contribution is 14.1. The highest BCUT2D eigenvalue weighted by atomic mass is 127. The van der Waals surface area contributed by atoms with E-state index in [1.807, 2.05) is 12.1 Å². The summed E-state index contributed by atoms with van der Waals surface area (Å²) in [4.78, 5) is 24.6. The first-order valence-corrected chi connectivity index (χ1v) is 7.34. The highest BCUT2D eigenvalue weighted by Gasteiger charge is 2.34. The van der Waals surface area contributed by atoms with E-state index in [9.17, 15) is 9.59 Å². The zero-order valence-electron chi connectivity index (χ0n) is 9.40. The van der Waals surface area contributed by atoms with E-state index in [1.54, 1.807) is 6.07 Å². The van der Waals surface area contributed by atoms with Crippen LogP contribution in [0.4, 0.5) is 0 Å². The minimum absolute atomic E-state index is 0.0865. The van der Waals surface area contributed by atoms with Crippen LogP contribution in [0.5, 0.6) is 0 Å². The topological polar surface area (TPSA) is 57.6 Å². The molecule has 18 heavy (non-hydrogen) atoms. The number of nitrogens with zero attached hydrogens (tertiary/aromatic N) is 1. The molecule has 0 aromatic heterocycles. The molecule has 1 aliphatic carbocycles. The van der Waals surface area contributed by atoms with E-state index in [2.05, 4.69) is 38.5 Å². The first-order chi connectivity index (χ1) is 8.49. The van der Waals surface area contributed by atoms with Gasteiger partial charge in [-0.05, 0) is 53.6 Å². The molecule has 0 atom stereocenters. The van der Waals surface area contributed by atoms with Crippen LogP contribution in [0.2, 0.25) is 0 Å². The Morgan fingerprint density at radius 1 is 1.44 bits per heavy atom. The van der Waals surface area contributed by atoms with Crippen molar-refractivity contribution in [3.8, 4) is 0 Å². The summed E-state index contributed by atoms with van der Waals surface area (Å²) in [5, 5.41) is 8.88. The number of hydrogen-bond donors (Lipinski definition) is 1. The third kappa shape index (κ3) is 3.23. The molecule has 96 valence electrons. The van der Waals surface area contributed by atoms with Gasteiger partial charge in [-0.3, -0.25) is 9.59 Å². The van der Waals surface area contributed by atoms with Gasteiger partial charge in [0.15, 0.2) is 0 Å². The normalized spacial score (nSPS) is 14.3. The van der Waals surface area contributed by atoms with Gasteiger partial charge in [0, 0.05) is 14.1 Å². The second-order valence-electron chi connectivity index (χ2n) is 4.18. The van der Waals surface area contributed by atoms with Gasteiger partial charge in [-0.1, -0.05) is 15.9 Å². The number of benzene rings is 1. The number of aliphatic carboxylic acids is 1. The number of carboxylic acid groups (broad SMARTS) is 1. The Bertz CT molecular complexity index is 502. The molecule has 1 aromatic rings. The molecule has 0 bridgehead atoms. The quantitative estimate of drug-likeness (QED) is 0.757. The lowest BCUT2D eigenvalue weighted by molar-refractivity contribution is -0.137. The summed E-state index contributed by atoms with van der Waals surface area (Å²) in [7, 11) is 0. The van der Waals surface area contributed by atoms with Crippen molar-refractivity contribution >= 4 is 50.4 Å². The average Bonchev–Trinajstić information content (AvgIpc) is 3.12. The molecule has 0 spiro atoms. The van der Waals surface area contributed by atoms with E-state index >= 15 is 0 Å². The van der Waals surface area contributed by atoms with Crippen LogP contribution in [-0.4, -0.2) is 34.5 Å². The van der Waals surface area contributed by atoms with Crippen molar-refractivity contribution in [3.63, 3.8) is 0 Å². The minimum atomic E-state index is -0.972. The number of rotatable bonds is 4. The van der Waals surface area contributed by atoms with Gasteiger partial charge in [0.25, 0.3) is 5.91 Å². The molecule has 4 nitrogen and oxygen atoms in total. The molecule has 0 aliphatic heterocycles. The summed E-state index contributed by atoms with van der Waals surface area (Å²) < 4.78 is 1.65. The Labute approximate surface area is 127 Å². The molecule has 1 N–H and O–H groups in total. The molecule has 1 fully saturated rings. The van der Waals surface area contributed by atoms with E-state index in [-0.39, 0.29) is 18.5 Å². The van der Waals surface area contributed by atoms with E-state index in [0.717, 1.165) is 20.9 Å². The van der Waals surface area contributed by atoms with Crippen LogP contribution in [0.1, 0.15) is 23.2 Å². The van der Waals surface area contributed by atoms with Gasteiger partial charge in [0.1, 0.15) is 6.54 Å². The van der Waals surface area contributed by atoms with Crippen molar-refractivity contribution in [3.05, 3.63) is 31.8 Å². The van der Waals surface area contributed by atoms with Crippen molar-refractivity contribution in [1.29, 1.82) is 0 Å². The number of carbonyl (C=O) groups is 2. The fourth-order valence-electron chi connectivity index (χ4n) is 1.71. The number of halogens is 2. The van der Waals surface area contributed by atoms with Crippen LogP contribution < -0.4 is 0 Å². The van der Waals surface area contributed by atoms with Crippen molar-refractivity contribution in [2.24, 2.45) is 0 Å². The Morgan fingerprint density at radius 2 is 2.11 bits per heavy atom. The Hall–Kier alpha value is -0.630. The van der Waals surface area contributed by atoms with Gasteiger partial charge in [0.2, 0.25) is 0 Å². The molecule has 1 saturated carbocycles. The van der Waals surface area contributed by atoms with Crippen LogP contribution in [0.15, 0.2) is 22.7 Å². The molecule has 1 aromatic carbocycles. The molecule has 1 amide bonds. The number of carboxylic acids is 1. The maximum Gasteiger partial charge on any atom is 0.323 e. The first-order valence-electron chi connectivity index (χ1n) is 5.47. The van der Waals surface area contributed by atoms with Crippen molar-refractivity contribution in [2.75, 3.05) is 6.54 Å². The van der Waals surface area contributed by atoms with Crippen LogP contribution >= 0.6 is 38.5 Å². The number of amides is 1. The molecule has 0 unspecified atom stereocenters. The zero-order chi connectivity index (χ0) is 13.3. The summed E-state index contributed by atoms with van der Waals surface area (Å²) in [6.07, 6.45) is 1.78. The van der Waals surface area contributed by atoms with Crippen molar-refractivity contribution in [2.45, 2.75) is 18.9 Å². The second-order valence-corrected chi connectivity index (χ2v) is 6.26. The molecular weight excluding hydrogens is 413 g/mol. The summed E-state index contributed by atoms with van der Waals surface area (Å²) in [5.41, 5.74) is 0.554. The van der Waals surface area contributed by atoms with E-state index in [4.69, 9.17) is 5.11 Å². The molecule has 0 heterocycles. The summed E-state index contributed by atoms with van der Waals surface area (Å²) >= 11 is 5.41. The fourth-order valence-corrected chi connectivity index (χ4v) is 2.64. The minimum Gasteiger partial charge on any atom is -0.480 e. The lowest BCUT2D eigenvalue weighted by Gasteiger charge is -2.21. The molecule has 6 heteroatoms. The lowest BCUT2D eigenvalue weighted by atomic mass is 10.2. The Balaban J connectivity index is 2.27. The molecule has 0 radical (unpaired) electrons. The molecule has 2 rings (SSSR count). The standard InChI is InChI=1S/C12H11BrINO3/c13-7-1-4-10(14)9(5-7)12(18)15(6-11(16)17)8-2-3-8/h1,4-5,8H,2-3,6H2,(H,16,17). The second kappa shape index (κ2) is 5.56. The van der Waals surface area contributed by atoms with Gasteiger partial charge in [-0.15, -0.1) is 0 Å². The van der Waals surface area contributed by atoms with Gasteiger partial charge >= 0.3 is 5.97 Å². The predicted octanol–water partition coefficient (Wildman–Crippen LogP) is 2.74. The van der Waals surface area contributed by atoms with Gasteiger partial charge in [-0.25, -0.2) is 0 Å². The molecule has 1 aliphatic rings. The zero-order valence-corrected chi connectivity index (χ0v) is 13.1. The smallest absolute Gasteiger partial charge is 0.323 e. The third-order valence-corrected chi connectivity index (χ3v) is 4.15. The first kappa shape index (κ1) is 13.8. The summed E-state index contributed by atoms with van der Waals surface area (Å²) in [5.74, 6) is -1.18. The van der Waals surface area contributed by atoms with E-state index in [1.165, 1.54) is 4.90 Å². The van der Waals surface area contributed by atoms with Gasteiger partial charge < -0.3 is 10.0 Å². The molecular formula is C12H11BrINO3. The Morgan fingerprint density at radius 3 is 2.67 bits per heavy atom. The molecule has 0 saturated heterocycles. The number of hydrogen-bond acceptors (Lipinski definition) is 2. The summed E-state index contributed by atoms with van der Waals surface area (Å²) in [6.45, 7) is -0.230. The van der Waals surface area contributed by atoms with E-state index in [0.29, 0.717) is 5.56 Å². The summed E-state index contributed by atoms with van der Waals surface area (Å²) in [6, 6.07) is 5.52. The highest BCUT2D eigenvalue weighted by Crippen LogP contribution is 2.29. The van der Waals surface area contributed by atoms with Crippen molar-refractivity contribution < 1.29 is 14.7 Å². The van der Waals surface area contributed by atoms with Gasteiger partial charge in [-0.2, -0.15) is 0 Å². The van der Waals surface area contributed by atoms with Gasteiger partial charge in [0.05, 0.1) is 5.56 Å². The number of carbonyl (C=O) groups excluding carboxylic acids is 1. The Kier molecular flexibility index (Phi) is 4.26. The fraction of sp³-hybridized carbons (Fsp3) is 0.333. The average molecular weight is 424 g/mol. The lowest BCUT2D eigenvalue weighted by Crippen LogP contribution is -2.37. The van der Waals surface area contributed by atoms with Crippen LogP contribution in [-0.2, 0) is 4.79 Å². The van der Waals surface area contributed by atoms with Crippen molar-refractivity contribution in [1.82, 2.24) is 4.90 Å². The third-order valence-electron chi connectivity index (χ3n) is 2.71. The van der Waals surface area contributed by atoms with E-state index < -0.39 is 5.97 Å². The monoisotopic (exact) mass is 423 g/mol. The van der Waals surface area contributed by atoms with Crippen LogP contribution in [0, 0.1) is 3.57 Å². The largest absolute Gasteiger partial charge is 0.480 e. The predicted molar refractivity (Wildman–Crippen MR) is 78.6 cm³/mol. The SMILES string of the molecule is O=C(O)CN(C(=O)c1cc(Br)ccc1I)C1CC1. The maximum atomic E-state index is 12.4. The van der Waals surface area contributed by atoms with Crippen LogP contribution in [0.3, 0.4) is 0 Å². The van der Waals surface area contributed by atoms with Crippen LogP contribution in [0.25, 0.3) is 0 Å².